The lowest BCUT2D eigenvalue weighted by atomic mass is 10.2. The van der Waals surface area contributed by atoms with Gasteiger partial charge in [0.05, 0.1) is 27.8 Å². The Labute approximate surface area is 199 Å². The molecule has 4 rings (SSSR count). The van der Waals surface area contributed by atoms with Crippen molar-refractivity contribution < 1.29 is 9.59 Å². The van der Waals surface area contributed by atoms with Crippen LogP contribution in [0.25, 0.3) is 10.2 Å². The second-order valence-electron chi connectivity index (χ2n) is 7.25. The highest BCUT2D eigenvalue weighted by Crippen LogP contribution is 2.31. The fraction of sp³-hybridized carbons (Fsp3) is 0.174. The Morgan fingerprint density at radius 2 is 1.81 bits per heavy atom. The number of nitrogens with zero attached hydrogens (tertiary/aromatic N) is 2. The van der Waals surface area contributed by atoms with Crippen LogP contribution in [0.15, 0.2) is 48.5 Å². The Bertz CT molecular complexity index is 1310. The van der Waals surface area contributed by atoms with Crippen LogP contribution >= 0.6 is 34.5 Å². The van der Waals surface area contributed by atoms with Gasteiger partial charge in [-0.1, -0.05) is 42.3 Å². The van der Waals surface area contributed by atoms with Gasteiger partial charge >= 0.3 is 0 Å². The summed E-state index contributed by atoms with van der Waals surface area (Å²) in [7, 11) is 0. The van der Waals surface area contributed by atoms with E-state index in [0.717, 1.165) is 21.5 Å². The minimum Gasteiger partial charge on any atom is -0.326 e. The molecule has 0 aliphatic rings. The van der Waals surface area contributed by atoms with Crippen LogP contribution in [0.2, 0.25) is 10.0 Å². The van der Waals surface area contributed by atoms with Gasteiger partial charge in [-0.2, -0.15) is 5.10 Å². The van der Waals surface area contributed by atoms with Crippen molar-refractivity contribution in [3.05, 3.63) is 74.7 Å². The number of nitrogens with one attached hydrogen (secondary N) is 2. The predicted molar refractivity (Wildman–Crippen MR) is 131 cm³/mol. The molecule has 0 radical (unpaired) electrons. The van der Waals surface area contributed by atoms with E-state index in [1.165, 1.54) is 11.3 Å². The third kappa shape index (κ3) is 4.80. The average Bonchev–Trinajstić information content (AvgIpc) is 3.33. The first-order chi connectivity index (χ1) is 15.3. The minimum absolute atomic E-state index is 0.116. The van der Waals surface area contributed by atoms with Gasteiger partial charge in [0.15, 0.2) is 0 Å². The van der Waals surface area contributed by atoms with E-state index in [0.29, 0.717) is 39.3 Å². The normalized spacial score (nSPS) is 11.0. The van der Waals surface area contributed by atoms with Gasteiger partial charge in [-0.3, -0.25) is 14.3 Å². The van der Waals surface area contributed by atoms with Crippen LogP contribution in [0, 0.1) is 6.92 Å². The van der Waals surface area contributed by atoms with E-state index in [1.54, 1.807) is 25.1 Å². The van der Waals surface area contributed by atoms with Crippen LogP contribution in [0.4, 0.5) is 11.4 Å². The molecule has 0 spiro atoms. The van der Waals surface area contributed by atoms with E-state index in [9.17, 15) is 9.59 Å². The van der Waals surface area contributed by atoms with Crippen LogP contribution < -0.4 is 10.6 Å². The largest absolute Gasteiger partial charge is 0.326 e. The summed E-state index contributed by atoms with van der Waals surface area (Å²) >= 11 is 13.6. The monoisotopic (exact) mass is 486 g/mol. The Balaban J connectivity index is 1.57. The molecule has 0 aliphatic heterocycles. The Hall–Kier alpha value is -2.87. The summed E-state index contributed by atoms with van der Waals surface area (Å²) in [6, 6.07) is 14.4. The number of hydrogen-bond acceptors (Lipinski definition) is 4. The zero-order valence-electron chi connectivity index (χ0n) is 17.4. The molecule has 0 bridgehead atoms. The van der Waals surface area contributed by atoms with Gasteiger partial charge in [0.25, 0.3) is 5.91 Å². The maximum absolute atomic E-state index is 13.0. The minimum atomic E-state index is -0.274. The first-order valence-corrected chi connectivity index (χ1v) is 11.5. The third-order valence-electron chi connectivity index (χ3n) is 4.90. The summed E-state index contributed by atoms with van der Waals surface area (Å²) < 4.78 is 1.89. The highest BCUT2D eigenvalue weighted by Gasteiger charge is 2.18. The fourth-order valence-corrected chi connectivity index (χ4v) is 4.57. The lowest BCUT2D eigenvalue weighted by Crippen LogP contribution is -2.12. The standard InChI is InChI=1S/C23H20Cl2N4O2S/c1-3-21(30)26-16-8-9-18(25)19(10-16)27-22(31)20-11-17-13(2)28-29(23(17)32-20)12-14-4-6-15(24)7-5-14/h4-11H,3,12H2,1-2H3,(H,26,30)(H,27,31). The van der Waals surface area contributed by atoms with Gasteiger partial charge in [-0.05, 0) is 48.9 Å². The molecule has 2 amide bonds. The number of fused-ring (bicyclic) bond motifs is 1. The maximum Gasteiger partial charge on any atom is 0.265 e. The van der Waals surface area contributed by atoms with Crippen LogP contribution in [-0.2, 0) is 11.3 Å². The first-order valence-electron chi connectivity index (χ1n) is 9.96. The number of carbonyl (C=O) groups excluding carboxylic acids is 2. The van der Waals surface area contributed by atoms with Crippen LogP contribution in [0.1, 0.15) is 34.3 Å². The van der Waals surface area contributed by atoms with E-state index in [-0.39, 0.29) is 11.8 Å². The van der Waals surface area contributed by atoms with Crippen molar-refractivity contribution in [2.24, 2.45) is 0 Å². The lowest BCUT2D eigenvalue weighted by molar-refractivity contribution is -0.115. The average molecular weight is 487 g/mol. The predicted octanol–water partition coefficient (Wildman–Crippen LogP) is 6.36. The number of amides is 2. The summed E-state index contributed by atoms with van der Waals surface area (Å²) in [5, 5.41) is 12.2. The van der Waals surface area contributed by atoms with E-state index in [1.807, 2.05) is 41.9 Å². The van der Waals surface area contributed by atoms with Crippen molar-refractivity contribution in [1.82, 2.24) is 9.78 Å². The van der Waals surface area contributed by atoms with Gasteiger partial charge in [0, 0.05) is 22.5 Å². The molecule has 2 aromatic heterocycles. The highest BCUT2D eigenvalue weighted by atomic mass is 35.5. The van der Waals surface area contributed by atoms with Gasteiger partial charge in [-0.25, -0.2) is 0 Å². The maximum atomic E-state index is 13.0. The molecule has 0 unspecified atom stereocenters. The molecule has 0 aliphatic carbocycles. The molecule has 0 atom stereocenters. The molecular formula is C23H20Cl2N4O2S. The number of aromatic nitrogens is 2. The molecule has 164 valence electrons. The number of anilines is 2. The van der Waals surface area contributed by atoms with Crippen molar-refractivity contribution in [2.75, 3.05) is 10.6 Å². The highest BCUT2D eigenvalue weighted by molar-refractivity contribution is 7.20. The summed E-state index contributed by atoms with van der Waals surface area (Å²) in [5.74, 6) is -0.390. The topological polar surface area (TPSA) is 76.0 Å². The smallest absolute Gasteiger partial charge is 0.265 e. The van der Waals surface area contributed by atoms with Crippen LogP contribution in [-0.4, -0.2) is 21.6 Å². The number of aryl methyl sites for hydroxylation is 1. The number of benzene rings is 2. The Morgan fingerprint density at radius 1 is 1.06 bits per heavy atom. The van der Waals surface area contributed by atoms with E-state index in [4.69, 9.17) is 23.2 Å². The molecule has 2 heterocycles. The summed E-state index contributed by atoms with van der Waals surface area (Å²) in [6.45, 7) is 4.27. The van der Waals surface area contributed by atoms with Crippen molar-refractivity contribution in [2.45, 2.75) is 26.8 Å². The van der Waals surface area contributed by atoms with E-state index >= 15 is 0 Å². The molecule has 4 aromatic rings. The van der Waals surface area contributed by atoms with Gasteiger partial charge in [-0.15, -0.1) is 11.3 Å². The summed E-state index contributed by atoms with van der Waals surface area (Å²) in [4.78, 5) is 26.1. The van der Waals surface area contributed by atoms with Crippen molar-refractivity contribution in [3.63, 3.8) is 0 Å². The number of halogens is 2. The van der Waals surface area contributed by atoms with Crippen molar-refractivity contribution in [3.8, 4) is 0 Å². The van der Waals surface area contributed by atoms with E-state index < -0.39 is 0 Å². The fourth-order valence-electron chi connectivity index (χ4n) is 3.23. The molecule has 6 nitrogen and oxygen atoms in total. The molecule has 2 N–H and O–H groups in total. The van der Waals surface area contributed by atoms with Crippen molar-refractivity contribution >= 4 is 67.9 Å². The Kier molecular flexibility index (Phi) is 6.50. The SMILES string of the molecule is CCC(=O)Nc1ccc(Cl)c(NC(=O)c2cc3c(C)nn(Cc4ccc(Cl)cc4)c3s2)c1. The Morgan fingerprint density at radius 3 is 2.53 bits per heavy atom. The molecule has 0 saturated carbocycles. The molecule has 0 saturated heterocycles. The lowest BCUT2D eigenvalue weighted by Gasteiger charge is -2.09. The van der Waals surface area contributed by atoms with E-state index in [2.05, 4.69) is 15.7 Å². The quantitative estimate of drug-likeness (QED) is 0.332. The van der Waals surface area contributed by atoms with Crippen LogP contribution in [0.5, 0.6) is 0 Å². The molecular weight excluding hydrogens is 467 g/mol. The number of thiophene rings is 1. The molecule has 0 fully saturated rings. The van der Waals surface area contributed by atoms with Crippen LogP contribution in [0.3, 0.4) is 0 Å². The molecule has 2 aromatic carbocycles. The number of rotatable bonds is 6. The summed E-state index contributed by atoms with van der Waals surface area (Å²) in [5.41, 5.74) is 2.92. The number of hydrogen-bond donors (Lipinski definition) is 2. The zero-order chi connectivity index (χ0) is 22.8. The second-order valence-corrected chi connectivity index (χ2v) is 9.12. The summed E-state index contributed by atoms with van der Waals surface area (Å²) in [6.07, 6.45) is 0.360. The molecule has 9 heteroatoms. The van der Waals surface area contributed by atoms with Gasteiger partial charge in [0.1, 0.15) is 4.83 Å². The van der Waals surface area contributed by atoms with Gasteiger partial charge in [0.2, 0.25) is 5.91 Å². The third-order valence-corrected chi connectivity index (χ3v) is 6.62. The zero-order valence-corrected chi connectivity index (χ0v) is 19.7. The van der Waals surface area contributed by atoms with Crippen molar-refractivity contribution in [1.29, 1.82) is 0 Å². The number of carbonyl (C=O) groups is 2. The molecule has 32 heavy (non-hydrogen) atoms. The van der Waals surface area contributed by atoms with Gasteiger partial charge < -0.3 is 10.6 Å². The second kappa shape index (κ2) is 9.32. The first kappa shape index (κ1) is 22.3.